The zero-order chi connectivity index (χ0) is 38.6. The standard InChI is InChI=1S/C49H36N4O4.Ni/c1-54-33-11-5-28(6-12-33)45-38-19-20-39(50-38)46(29-7-13-34(55-2)14-8-29)41-23-24-43(52-41)48-37-18-17-36(57-4)26-31(37)25-32-27-44(53-49(32)48)47(42-22-21-40(45)51-42)30-9-15-35(56-3)16-10-30;/h5-24,26-27H,25H2,1-4H3;/q-2;+2. The summed E-state index contributed by atoms with van der Waals surface area (Å²) in [5, 5.41) is 0. The van der Waals surface area contributed by atoms with Crippen LogP contribution < -0.4 is 28.9 Å². The predicted molar refractivity (Wildman–Crippen MR) is 227 cm³/mol. The van der Waals surface area contributed by atoms with Crippen LogP contribution in [0.5, 0.6) is 23.0 Å². The third-order valence-corrected chi connectivity index (χ3v) is 10.9. The van der Waals surface area contributed by atoms with Crippen LogP contribution in [0.3, 0.4) is 0 Å². The number of allylic oxidation sites excluding steroid dienone is 1. The molecule has 0 fully saturated rings. The van der Waals surface area contributed by atoms with E-state index in [2.05, 4.69) is 91.0 Å². The quantitative estimate of drug-likeness (QED) is 0.147. The second-order valence-corrected chi connectivity index (χ2v) is 14.0. The monoisotopic (exact) mass is 802 g/mol. The molecule has 8 bridgehead atoms. The first-order valence-corrected chi connectivity index (χ1v) is 18.7. The smallest absolute Gasteiger partial charge is 0.657 e. The Morgan fingerprint density at radius 2 is 0.862 bits per heavy atom. The summed E-state index contributed by atoms with van der Waals surface area (Å²) in [5.41, 5.74) is 16.5. The molecular formula is C49H36N4NiO4. The van der Waals surface area contributed by atoms with E-state index in [1.807, 2.05) is 42.5 Å². The van der Waals surface area contributed by atoms with Gasteiger partial charge in [0.25, 0.3) is 0 Å². The van der Waals surface area contributed by atoms with Crippen molar-refractivity contribution in [2.75, 3.05) is 28.4 Å². The summed E-state index contributed by atoms with van der Waals surface area (Å²) >= 11 is 0. The van der Waals surface area contributed by atoms with E-state index in [0.29, 0.717) is 6.42 Å². The molecule has 0 spiro atoms. The zero-order valence-electron chi connectivity index (χ0n) is 32.1. The van der Waals surface area contributed by atoms with E-state index in [1.54, 1.807) is 28.4 Å². The van der Waals surface area contributed by atoms with Gasteiger partial charge in [-0.15, -0.1) is 22.1 Å². The summed E-state index contributed by atoms with van der Waals surface area (Å²) in [7, 11) is 6.73. The molecule has 0 unspecified atom stereocenters. The first kappa shape index (κ1) is 36.8. The summed E-state index contributed by atoms with van der Waals surface area (Å²) in [6.45, 7) is 0. The molecule has 10 rings (SSSR count). The van der Waals surface area contributed by atoms with E-state index in [-0.39, 0.29) is 16.5 Å². The Morgan fingerprint density at radius 1 is 0.448 bits per heavy atom. The number of nitrogens with zero attached hydrogens (tertiary/aromatic N) is 4. The number of hydrogen-bond acceptors (Lipinski definition) is 6. The Balaban J connectivity index is 0.00000436. The van der Waals surface area contributed by atoms with Crippen LogP contribution in [0.4, 0.5) is 0 Å². The van der Waals surface area contributed by atoms with Gasteiger partial charge >= 0.3 is 16.5 Å². The molecule has 0 saturated heterocycles. The van der Waals surface area contributed by atoms with Crippen molar-refractivity contribution in [1.82, 2.24) is 19.9 Å². The van der Waals surface area contributed by atoms with Crippen LogP contribution >= 0.6 is 0 Å². The molecule has 0 saturated carbocycles. The molecule has 5 heterocycles. The maximum Gasteiger partial charge on any atom is 2.00 e. The van der Waals surface area contributed by atoms with E-state index < -0.39 is 0 Å². The summed E-state index contributed by atoms with van der Waals surface area (Å²) in [6, 6.07) is 38.8. The molecule has 8 nitrogen and oxygen atoms in total. The van der Waals surface area contributed by atoms with Gasteiger partial charge in [-0.25, -0.2) is 9.97 Å². The van der Waals surface area contributed by atoms with Gasteiger partial charge in [-0.3, -0.25) is 0 Å². The van der Waals surface area contributed by atoms with Gasteiger partial charge in [-0.2, -0.15) is 0 Å². The van der Waals surface area contributed by atoms with Crippen LogP contribution in [0.2, 0.25) is 0 Å². The van der Waals surface area contributed by atoms with Crippen molar-refractivity contribution in [3.8, 4) is 67.5 Å². The largest absolute Gasteiger partial charge is 2.00 e. The van der Waals surface area contributed by atoms with Crippen molar-refractivity contribution in [3.63, 3.8) is 0 Å². The third kappa shape index (κ3) is 6.25. The maximum absolute atomic E-state index is 5.70. The van der Waals surface area contributed by atoms with Gasteiger partial charge in [0.2, 0.25) is 0 Å². The second kappa shape index (κ2) is 14.9. The normalized spacial score (nSPS) is 12.3. The van der Waals surface area contributed by atoms with Crippen molar-refractivity contribution in [1.29, 1.82) is 0 Å². The SMILES string of the molecule is COc1ccc(-c2c3nc(c(-c4ccc(OC)cc4)c4ccc([n-]4)c4c5nc(c(-c6ccc(OC)cc6)c6ccc2[n-]6)C=C5Cc2cc(OC)ccc2-4)C=C3)cc1.[Ni+2]. The van der Waals surface area contributed by atoms with Crippen molar-refractivity contribution in [3.05, 3.63) is 144 Å². The van der Waals surface area contributed by atoms with Gasteiger partial charge in [0, 0.05) is 6.42 Å². The van der Waals surface area contributed by atoms with Crippen LogP contribution in [-0.2, 0) is 22.9 Å². The molecule has 0 N–H and O–H groups in total. The fourth-order valence-electron chi connectivity index (χ4n) is 8.09. The van der Waals surface area contributed by atoms with Gasteiger partial charge in [0.05, 0.1) is 51.2 Å². The third-order valence-electron chi connectivity index (χ3n) is 10.9. The van der Waals surface area contributed by atoms with Gasteiger partial charge in [-0.1, -0.05) is 66.7 Å². The van der Waals surface area contributed by atoms with Crippen LogP contribution in [0.1, 0.15) is 28.3 Å². The Labute approximate surface area is 345 Å². The van der Waals surface area contributed by atoms with Gasteiger partial charge in [0.1, 0.15) is 23.0 Å². The molecule has 4 aromatic carbocycles. The summed E-state index contributed by atoms with van der Waals surface area (Å²) in [5.74, 6) is 3.12. The molecule has 58 heavy (non-hydrogen) atoms. The van der Waals surface area contributed by atoms with Crippen LogP contribution in [0.25, 0.3) is 90.4 Å². The Kier molecular flexibility index (Phi) is 9.46. The molecule has 0 atom stereocenters. The van der Waals surface area contributed by atoms with Crippen molar-refractivity contribution >= 4 is 45.9 Å². The average Bonchev–Trinajstić information content (AvgIpc) is 4.10. The van der Waals surface area contributed by atoms with Crippen LogP contribution in [-0.4, -0.2) is 38.4 Å². The number of fused-ring (bicyclic) bond motifs is 10. The van der Waals surface area contributed by atoms with Crippen LogP contribution in [0, 0.1) is 0 Å². The number of hydrogen-bond donors (Lipinski definition) is 0. The van der Waals surface area contributed by atoms with Gasteiger partial charge in [-0.05, 0) is 122 Å². The van der Waals surface area contributed by atoms with Crippen molar-refractivity contribution in [2.45, 2.75) is 6.42 Å². The molecule has 0 amide bonds. The number of benzene rings is 4. The summed E-state index contributed by atoms with van der Waals surface area (Å²) in [6.07, 6.45) is 7.04. The summed E-state index contributed by atoms with van der Waals surface area (Å²) < 4.78 is 22.3. The fraction of sp³-hybridized carbons (Fsp3) is 0.102. The van der Waals surface area contributed by atoms with E-state index >= 15 is 0 Å². The van der Waals surface area contributed by atoms with E-state index in [0.717, 1.165) is 123 Å². The molecule has 286 valence electrons. The Bertz CT molecular complexity index is 2960. The van der Waals surface area contributed by atoms with Gasteiger partial charge < -0.3 is 28.9 Å². The molecule has 7 aromatic rings. The molecule has 2 aliphatic heterocycles. The number of rotatable bonds is 7. The minimum Gasteiger partial charge on any atom is -0.657 e. The topological polar surface area (TPSA) is 90.9 Å². The van der Waals surface area contributed by atoms with Crippen molar-refractivity contribution in [2.24, 2.45) is 0 Å². The Hall–Kier alpha value is -6.83. The minimum absolute atomic E-state index is 0. The molecule has 3 aliphatic rings. The van der Waals surface area contributed by atoms with E-state index in [4.69, 9.17) is 38.9 Å². The maximum atomic E-state index is 5.70. The van der Waals surface area contributed by atoms with Crippen LogP contribution in [0.15, 0.2) is 115 Å². The molecule has 3 aromatic heterocycles. The zero-order valence-corrected chi connectivity index (χ0v) is 33.1. The van der Waals surface area contributed by atoms with E-state index in [9.17, 15) is 0 Å². The molecular weight excluding hydrogens is 767 g/mol. The number of aromatic nitrogens is 4. The first-order chi connectivity index (χ1) is 28.0. The fourth-order valence-corrected chi connectivity index (χ4v) is 8.09. The molecule has 0 radical (unpaired) electrons. The molecule has 9 heteroatoms. The number of ether oxygens (including phenoxy) is 4. The number of methoxy groups -OCH3 is 4. The van der Waals surface area contributed by atoms with E-state index in [1.165, 1.54) is 0 Å². The average molecular weight is 804 g/mol. The van der Waals surface area contributed by atoms with Gasteiger partial charge in [0.15, 0.2) is 0 Å². The minimum atomic E-state index is 0. The molecule has 1 aliphatic carbocycles. The Morgan fingerprint density at radius 3 is 1.31 bits per heavy atom. The predicted octanol–water partition coefficient (Wildman–Crippen LogP) is 10.5. The van der Waals surface area contributed by atoms with Crippen molar-refractivity contribution < 1.29 is 35.4 Å². The first-order valence-electron chi connectivity index (χ1n) is 18.7. The summed E-state index contributed by atoms with van der Waals surface area (Å²) in [4.78, 5) is 21.7. The second-order valence-electron chi connectivity index (χ2n) is 14.0.